The molecule has 0 heterocycles. The molecule has 203 valence electrons. The Balaban J connectivity index is 0.000000267. The van der Waals surface area contributed by atoms with E-state index in [9.17, 15) is 29.4 Å². The fourth-order valence-electron chi connectivity index (χ4n) is 3.12. The number of aromatic hydroxyl groups is 2. The van der Waals surface area contributed by atoms with E-state index in [1.165, 1.54) is 61.0 Å². The zero-order valence-corrected chi connectivity index (χ0v) is 20.9. The maximum absolute atomic E-state index is 11.5. The van der Waals surface area contributed by atoms with Gasteiger partial charge in [0, 0.05) is 52.0 Å². The molecule has 4 rings (SSSR count). The number of benzene rings is 2. The van der Waals surface area contributed by atoms with Crippen LogP contribution in [0.1, 0.15) is 20.7 Å². The normalized spacial score (nSPS) is 15.4. The maximum atomic E-state index is 11.5. The number of carboxylic acid groups (broad SMARTS) is 2. The third-order valence-corrected chi connectivity index (χ3v) is 5.08. The minimum atomic E-state index is -1.22. The average Bonchev–Trinajstić information content (AvgIpc) is 2.89. The van der Waals surface area contributed by atoms with Gasteiger partial charge in [-0.3, -0.25) is 9.59 Å². The van der Waals surface area contributed by atoms with Crippen LogP contribution >= 0.6 is 0 Å². The van der Waals surface area contributed by atoms with E-state index in [1.807, 2.05) is 0 Å². The van der Waals surface area contributed by atoms with Gasteiger partial charge in [0.2, 0.25) is 0 Å². The number of nitrogens with one attached hydrogen (secondary N) is 2. The van der Waals surface area contributed by atoms with Gasteiger partial charge in [-0.05, 0) is 60.7 Å². The summed E-state index contributed by atoms with van der Waals surface area (Å²) in [5, 5.41) is 42.1. The number of hydrogen-bond donors (Lipinski definition) is 6. The van der Waals surface area contributed by atoms with Crippen molar-refractivity contribution in [3.05, 3.63) is 120 Å². The number of carbonyl (C=O) groups is 4. The van der Waals surface area contributed by atoms with Crippen LogP contribution in [0, 0.1) is 0 Å². The summed E-state index contributed by atoms with van der Waals surface area (Å²) in [6.45, 7) is 0. The van der Waals surface area contributed by atoms with Crippen molar-refractivity contribution < 1.29 is 56.7 Å². The summed E-state index contributed by atoms with van der Waals surface area (Å²) in [6.07, 6.45) is 15.9. The molecule has 0 atom stereocenters. The maximum Gasteiger partial charge on any atom is 0.339 e. The van der Waals surface area contributed by atoms with Crippen molar-refractivity contribution in [2.45, 2.75) is 0 Å². The zero-order chi connectivity index (χ0) is 27.7. The van der Waals surface area contributed by atoms with Crippen LogP contribution in [0.4, 0.5) is 11.4 Å². The molecule has 2 aliphatic rings. The number of aromatic carboxylic acids is 2. The van der Waals surface area contributed by atoms with Crippen LogP contribution in [-0.2, 0) is 26.7 Å². The predicted octanol–water partition coefficient (Wildman–Crippen LogP) is 4.16. The number of phenols is 2. The van der Waals surface area contributed by atoms with Gasteiger partial charge < -0.3 is 31.1 Å². The molecule has 0 unspecified atom stereocenters. The molecule has 11 heteroatoms. The Morgan fingerprint density at radius 3 is 1.31 bits per heavy atom. The second kappa shape index (κ2) is 14.0. The summed E-state index contributed by atoms with van der Waals surface area (Å²) in [7, 11) is 0. The molecule has 10 nitrogen and oxygen atoms in total. The van der Waals surface area contributed by atoms with E-state index in [4.69, 9.17) is 10.2 Å². The number of anilines is 2. The van der Waals surface area contributed by atoms with Crippen molar-refractivity contribution in [1.29, 1.82) is 0 Å². The largest absolute Gasteiger partial charge is 0.507 e. The van der Waals surface area contributed by atoms with E-state index in [-0.39, 0.29) is 51.3 Å². The molecule has 0 aromatic heterocycles. The molecular weight excluding hydrogens is 556 g/mol. The molecule has 1 radical (unpaired) electrons. The van der Waals surface area contributed by atoms with Gasteiger partial charge in [0.05, 0.1) is 0 Å². The fourth-order valence-corrected chi connectivity index (χ4v) is 3.12. The van der Waals surface area contributed by atoms with Crippen molar-refractivity contribution in [1.82, 2.24) is 0 Å². The van der Waals surface area contributed by atoms with Crippen LogP contribution in [-0.4, -0.2) is 43.9 Å². The average molecular weight is 578 g/mol. The first-order valence-corrected chi connectivity index (χ1v) is 11.0. The Bertz CT molecular complexity index is 1370. The third-order valence-electron chi connectivity index (χ3n) is 5.08. The molecule has 39 heavy (non-hydrogen) atoms. The van der Waals surface area contributed by atoms with Crippen LogP contribution < -0.4 is 10.6 Å². The Morgan fingerprint density at radius 1 is 0.615 bits per heavy atom. The molecule has 0 saturated carbocycles. The summed E-state index contributed by atoms with van der Waals surface area (Å²) in [4.78, 5) is 44.6. The van der Waals surface area contributed by atoms with Gasteiger partial charge in [0.15, 0.2) is 11.6 Å². The quantitative estimate of drug-likeness (QED) is 0.166. The molecule has 2 aliphatic carbocycles. The van der Waals surface area contributed by atoms with Crippen LogP contribution in [0.25, 0.3) is 0 Å². The topological polar surface area (TPSA) is 173 Å². The summed E-state index contributed by atoms with van der Waals surface area (Å²) in [6, 6.07) is 8.19. The number of carbonyl (C=O) groups excluding carboxylic acids is 2. The SMILES string of the molecule is O=C1C=CC=C/C1=C/Nc1ccc(O)c(C(=O)O)c1.O=C1C=CC=C/C1=C\Nc1ccc(O)c(C(=O)O)c1.[Cu]. The van der Waals surface area contributed by atoms with E-state index in [2.05, 4.69) is 10.6 Å². The summed E-state index contributed by atoms with van der Waals surface area (Å²) in [5.74, 6) is -3.31. The molecular formula is C28H22CuN2O8. The standard InChI is InChI=1S/2C14H11NO4.Cu/c2*16-12-4-2-1-3-9(12)8-15-10-5-6-13(17)11(7-10)14(18)19;/h2*1-8,15,17H,(H,18,19);/b9-8+;9-8-;. The van der Waals surface area contributed by atoms with Gasteiger partial charge in [0.25, 0.3) is 0 Å². The number of carboxylic acids is 2. The Hall–Kier alpha value is -5.12. The van der Waals surface area contributed by atoms with Crippen LogP contribution in [0.2, 0.25) is 0 Å². The Morgan fingerprint density at radius 2 is 0.974 bits per heavy atom. The van der Waals surface area contributed by atoms with Gasteiger partial charge in [-0.15, -0.1) is 0 Å². The van der Waals surface area contributed by atoms with Gasteiger partial charge in [-0.1, -0.05) is 24.3 Å². The number of allylic oxidation sites excluding steroid dienone is 10. The molecule has 2 aromatic carbocycles. The second-order valence-corrected chi connectivity index (χ2v) is 7.73. The molecule has 0 saturated heterocycles. The smallest absolute Gasteiger partial charge is 0.339 e. The van der Waals surface area contributed by atoms with Crippen LogP contribution in [0.3, 0.4) is 0 Å². The van der Waals surface area contributed by atoms with Crippen molar-refractivity contribution in [3.8, 4) is 11.5 Å². The Kier molecular flexibility index (Phi) is 10.8. The molecule has 2 aromatic rings. The summed E-state index contributed by atoms with van der Waals surface area (Å²) in [5.41, 5.74) is 1.47. The van der Waals surface area contributed by atoms with Gasteiger partial charge in [0.1, 0.15) is 22.6 Å². The first kappa shape index (κ1) is 30.1. The number of hydrogen-bond acceptors (Lipinski definition) is 8. The number of ketones is 2. The molecule has 0 aliphatic heterocycles. The second-order valence-electron chi connectivity index (χ2n) is 7.73. The minimum Gasteiger partial charge on any atom is -0.507 e. The van der Waals surface area contributed by atoms with Gasteiger partial charge in [-0.2, -0.15) is 0 Å². The predicted molar refractivity (Wildman–Crippen MR) is 140 cm³/mol. The van der Waals surface area contributed by atoms with Gasteiger partial charge >= 0.3 is 11.9 Å². The molecule has 0 bridgehead atoms. The van der Waals surface area contributed by atoms with E-state index in [0.717, 1.165) is 0 Å². The van der Waals surface area contributed by atoms with Crippen molar-refractivity contribution >= 4 is 34.9 Å². The first-order valence-electron chi connectivity index (χ1n) is 11.0. The van der Waals surface area contributed by atoms with E-state index in [0.29, 0.717) is 22.5 Å². The summed E-state index contributed by atoms with van der Waals surface area (Å²) < 4.78 is 0. The van der Waals surface area contributed by atoms with Crippen LogP contribution in [0.5, 0.6) is 11.5 Å². The first-order chi connectivity index (χ1) is 18.2. The van der Waals surface area contributed by atoms with Crippen LogP contribution in [0.15, 0.2) is 109 Å². The monoisotopic (exact) mass is 577 g/mol. The molecule has 0 amide bonds. The Labute approximate surface area is 233 Å². The summed E-state index contributed by atoms with van der Waals surface area (Å²) >= 11 is 0. The minimum absolute atomic E-state index is 0. The van der Waals surface area contributed by atoms with Gasteiger partial charge in [-0.25, -0.2) is 9.59 Å². The molecule has 0 spiro atoms. The van der Waals surface area contributed by atoms with E-state index < -0.39 is 11.9 Å². The van der Waals surface area contributed by atoms with Crippen molar-refractivity contribution in [2.24, 2.45) is 0 Å². The van der Waals surface area contributed by atoms with Crippen molar-refractivity contribution in [2.75, 3.05) is 10.6 Å². The molecule has 0 fully saturated rings. The van der Waals surface area contributed by atoms with Crippen molar-refractivity contribution in [3.63, 3.8) is 0 Å². The van der Waals surface area contributed by atoms with E-state index >= 15 is 0 Å². The fraction of sp³-hybridized carbons (Fsp3) is 0. The third kappa shape index (κ3) is 8.46. The van der Waals surface area contributed by atoms with E-state index in [1.54, 1.807) is 36.5 Å². The zero-order valence-electron chi connectivity index (χ0n) is 20.0. The number of rotatable bonds is 6. The molecule has 6 N–H and O–H groups in total.